The number of aryl methyl sites for hydroxylation is 1. The number of carbonyl (C=O) groups excluding carboxylic acids is 1. The Morgan fingerprint density at radius 3 is 2.87 bits per heavy atom. The maximum Gasteiger partial charge on any atom is 0.228 e. The average molecular weight is 223 g/mol. The molecule has 1 aromatic carbocycles. The number of hydrogen-bond donors (Lipinski definition) is 2. The van der Waals surface area contributed by atoms with Gasteiger partial charge >= 0.3 is 0 Å². The van der Waals surface area contributed by atoms with Crippen LogP contribution in [0.5, 0.6) is 5.75 Å². The first kappa shape index (κ1) is 10.4. The van der Waals surface area contributed by atoms with Gasteiger partial charge in [0.15, 0.2) is 0 Å². The Kier molecular flexibility index (Phi) is 2.61. The summed E-state index contributed by atoms with van der Waals surface area (Å²) in [4.78, 5) is 13.2. The normalized spacial score (nSPS) is 21.1. The Hall–Kier alpha value is -1.16. The van der Waals surface area contributed by atoms with Crippen molar-refractivity contribution in [1.82, 2.24) is 0 Å². The van der Waals surface area contributed by atoms with E-state index >= 15 is 0 Å². The van der Waals surface area contributed by atoms with Gasteiger partial charge < -0.3 is 10.0 Å². The zero-order valence-electron chi connectivity index (χ0n) is 8.47. The zero-order chi connectivity index (χ0) is 11.0. The van der Waals surface area contributed by atoms with Gasteiger partial charge in [0.1, 0.15) is 5.75 Å². The number of para-hydroxylation sites is 1. The second-order valence-corrected chi connectivity index (χ2v) is 4.54. The highest BCUT2D eigenvalue weighted by atomic mass is 32.1. The zero-order valence-corrected chi connectivity index (χ0v) is 9.37. The molecular weight excluding hydrogens is 210 g/mol. The van der Waals surface area contributed by atoms with Crippen molar-refractivity contribution in [1.29, 1.82) is 0 Å². The molecule has 0 bridgehead atoms. The summed E-state index contributed by atoms with van der Waals surface area (Å²) < 4.78 is 0. The van der Waals surface area contributed by atoms with Crippen molar-refractivity contribution in [2.45, 2.75) is 18.6 Å². The number of benzene rings is 1. The highest BCUT2D eigenvalue weighted by Crippen LogP contribution is 2.33. The topological polar surface area (TPSA) is 40.5 Å². The summed E-state index contributed by atoms with van der Waals surface area (Å²) in [6.07, 6.45) is 0.441. The highest BCUT2D eigenvalue weighted by Gasteiger charge is 2.29. The lowest BCUT2D eigenvalue weighted by Gasteiger charge is -2.18. The van der Waals surface area contributed by atoms with Gasteiger partial charge in [-0.15, -0.1) is 0 Å². The second kappa shape index (κ2) is 3.77. The number of anilines is 1. The fourth-order valence-electron chi connectivity index (χ4n) is 1.78. The Morgan fingerprint density at radius 1 is 1.53 bits per heavy atom. The van der Waals surface area contributed by atoms with Crippen molar-refractivity contribution >= 4 is 24.2 Å². The van der Waals surface area contributed by atoms with Crippen LogP contribution in [0.15, 0.2) is 18.2 Å². The third-order valence-electron chi connectivity index (χ3n) is 2.61. The van der Waals surface area contributed by atoms with E-state index < -0.39 is 0 Å². The van der Waals surface area contributed by atoms with Crippen molar-refractivity contribution < 1.29 is 9.90 Å². The molecule has 1 N–H and O–H groups in total. The van der Waals surface area contributed by atoms with Crippen LogP contribution in [0, 0.1) is 6.92 Å². The van der Waals surface area contributed by atoms with E-state index in [2.05, 4.69) is 12.6 Å². The Labute approximate surface area is 94.1 Å². The molecule has 1 heterocycles. The van der Waals surface area contributed by atoms with Crippen LogP contribution in [0.3, 0.4) is 0 Å². The van der Waals surface area contributed by atoms with Crippen LogP contribution >= 0.6 is 12.6 Å². The van der Waals surface area contributed by atoms with E-state index in [1.807, 2.05) is 19.1 Å². The van der Waals surface area contributed by atoms with Gasteiger partial charge in [-0.2, -0.15) is 12.6 Å². The Balaban J connectivity index is 2.38. The highest BCUT2D eigenvalue weighted by molar-refractivity contribution is 7.81. The summed E-state index contributed by atoms with van der Waals surface area (Å²) in [6, 6.07) is 5.41. The minimum Gasteiger partial charge on any atom is -0.505 e. The molecule has 0 spiro atoms. The molecule has 1 aromatic rings. The van der Waals surface area contributed by atoms with Crippen LogP contribution in [-0.4, -0.2) is 22.8 Å². The molecule has 1 aliphatic heterocycles. The Morgan fingerprint density at radius 2 is 2.27 bits per heavy atom. The van der Waals surface area contributed by atoms with Crippen LogP contribution in [-0.2, 0) is 4.79 Å². The fourth-order valence-corrected chi connectivity index (χ4v) is 2.10. The third kappa shape index (κ3) is 1.81. The van der Waals surface area contributed by atoms with Crippen LogP contribution in [0.4, 0.5) is 5.69 Å². The minimum absolute atomic E-state index is 0.0240. The van der Waals surface area contributed by atoms with Crippen molar-refractivity contribution in [3.63, 3.8) is 0 Å². The number of nitrogens with zero attached hydrogens (tertiary/aromatic N) is 1. The first-order valence-corrected chi connectivity index (χ1v) is 5.38. The second-order valence-electron chi connectivity index (χ2n) is 3.80. The van der Waals surface area contributed by atoms with Crippen LogP contribution in [0.1, 0.15) is 12.0 Å². The van der Waals surface area contributed by atoms with E-state index in [-0.39, 0.29) is 16.9 Å². The van der Waals surface area contributed by atoms with Crippen molar-refractivity contribution in [3.05, 3.63) is 23.8 Å². The van der Waals surface area contributed by atoms with Crippen LogP contribution in [0.25, 0.3) is 0 Å². The summed E-state index contributed by atoms with van der Waals surface area (Å²) in [5.41, 5.74) is 1.37. The van der Waals surface area contributed by atoms with E-state index in [9.17, 15) is 9.90 Å². The molecule has 4 heteroatoms. The number of phenols is 1. The molecule has 2 rings (SSSR count). The lowest BCUT2D eigenvalue weighted by atomic mass is 10.2. The van der Waals surface area contributed by atoms with Crippen molar-refractivity contribution in [2.24, 2.45) is 0 Å². The van der Waals surface area contributed by atoms with Gasteiger partial charge in [0, 0.05) is 18.2 Å². The SMILES string of the molecule is Cc1cccc(N2CC(S)CC2=O)c1O. The van der Waals surface area contributed by atoms with Gasteiger partial charge in [0.2, 0.25) is 5.91 Å². The molecule has 80 valence electrons. The minimum atomic E-state index is 0.0240. The number of hydrogen-bond acceptors (Lipinski definition) is 3. The molecule has 0 aliphatic carbocycles. The molecule has 1 atom stereocenters. The molecule has 1 aliphatic rings. The number of amides is 1. The number of rotatable bonds is 1. The lowest BCUT2D eigenvalue weighted by molar-refractivity contribution is -0.117. The molecule has 1 saturated heterocycles. The molecule has 1 fully saturated rings. The molecule has 0 aromatic heterocycles. The monoisotopic (exact) mass is 223 g/mol. The van der Waals surface area contributed by atoms with E-state index in [0.29, 0.717) is 18.7 Å². The molecule has 0 saturated carbocycles. The average Bonchev–Trinajstić information content (AvgIpc) is 2.50. The number of thiol groups is 1. The quantitative estimate of drug-likeness (QED) is 0.712. The predicted molar refractivity (Wildman–Crippen MR) is 62.6 cm³/mol. The number of aromatic hydroxyl groups is 1. The maximum absolute atomic E-state index is 11.6. The lowest BCUT2D eigenvalue weighted by Crippen LogP contribution is -2.24. The summed E-state index contributed by atoms with van der Waals surface area (Å²) in [7, 11) is 0. The number of carbonyl (C=O) groups is 1. The molecule has 1 unspecified atom stereocenters. The Bertz CT molecular complexity index is 406. The first-order valence-electron chi connectivity index (χ1n) is 4.86. The fraction of sp³-hybridized carbons (Fsp3) is 0.364. The summed E-state index contributed by atoms with van der Waals surface area (Å²) >= 11 is 4.28. The molecule has 15 heavy (non-hydrogen) atoms. The van der Waals surface area contributed by atoms with Crippen molar-refractivity contribution in [2.75, 3.05) is 11.4 Å². The van der Waals surface area contributed by atoms with Crippen LogP contribution in [0.2, 0.25) is 0 Å². The van der Waals surface area contributed by atoms with Crippen LogP contribution < -0.4 is 4.90 Å². The standard InChI is InChI=1S/C11H13NO2S/c1-7-3-2-4-9(11(7)14)12-6-8(15)5-10(12)13/h2-4,8,14-15H,5-6H2,1H3. The molecule has 1 amide bonds. The van der Waals surface area contributed by atoms with Gasteiger partial charge in [0.25, 0.3) is 0 Å². The molecular formula is C11H13NO2S. The summed E-state index contributed by atoms with van der Waals surface area (Å²) in [5.74, 6) is 0.212. The van der Waals surface area contributed by atoms with E-state index in [1.54, 1.807) is 11.0 Å². The van der Waals surface area contributed by atoms with Gasteiger partial charge in [-0.25, -0.2) is 0 Å². The number of phenolic OH excluding ortho intramolecular Hbond substituents is 1. The van der Waals surface area contributed by atoms with Gasteiger partial charge in [0.05, 0.1) is 5.69 Å². The smallest absolute Gasteiger partial charge is 0.228 e. The molecule has 0 radical (unpaired) electrons. The van der Waals surface area contributed by atoms with Crippen molar-refractivity contribution in [3.8, 4) is 5.75 Å². The third-order valence-corrected chi connectivity index (χ3v) is 2.96. The van der Waals surface area contributed by atoms with Gasteiger partial charge in [-0.3, -0.25) is 4.79 Å². The summed E-state index contributed by atoms with van der Waals surface area (Å²) in [5, 5.41) is 9.91. The van der Waals surface area contributed by atoms with E-state index in [4.69, 9.17) is 0 Å². The predicted octanol–water partition coefficient (Wildman–Crippen LogP) is 1.74. The van der Waals surface area contributed by atoms with E-state index in [0.717, 1.165) is 5.56 Å². The largest absolute Gasteiger partial charge is 0.505 e. The van der Waals surface area contributed by atoms with E-state index in [1.165, 1.54) is 0 Å². The first-order chi connectivity index (χ1) is 7.09. The van der Waals surface area contributed by atoms with Gasteiger partial charge in [-0.05, 0) is 18.6 Å². The summed E-state index contributed by atoms with van der Waals surface area (Å²) in [6.45, 7) is 2.39. The van der Waals surface area contributed by atoms with Gasteiger partial charge in [-0.1, -0.05) is 12.1 Å². The maximum atomic E-state index is 11.6. The molecule has 3 nitrogen and oxygen atoms in total.